The number of ether oxygens (including phenoxy) is 3. The lowest BCUT2D eigenvalue weighted by atomic mass is 9.98. The van der Waals surface area contributed by atoms with Crippen molar-refractivity contribution in [1.82, 2.24) is 31.5 Å². The Morgan fingerprint density at radius 2 is 1.39 bits per heavy atom. The van der Waals surface area contributed by atoms with Crippen LogP contribution in [0, 0.1) is 18.3 Å². The summed E-state index contributed by atoms with van der Waals surface area (Å²) in [7, 11) is 1.60. The molecule has 0 heterocycles. The van der Waals surface area contributed by atoms with Gasteiger partial charge < -0.3 is 56.7 Å². The van der Waals surface area contributed by atoms with Crippen molar-refractivity contribution in [1.29, 1.82) is 0 Å². The number of nitrogens with one attached hydrogen (secondary N) is 6. The molecule has 0 aromatic heterocycles. The molecule has 1 aliphatic carbocycles. The number of nitrogens with two attached hydrogens (primary N) is 1. The lowest BCUT2D eigenvalue weighted by Crippen LogP contribution is -2.57. The average molecular weight is 974 g/mol. The van der Waals surface area contributed by atoms with E-state index in [0.29, 0.717) is 29.7 Å². The number of alkyl halides is 1. The monoisotopic (exact) mass is 972 g/mol. The zero-order valence-corrected chi connectivity index (χ0v) is 40.8. The van der Waals surface area contributed by atoms with Crippen molar-refractivity contribution in [2.24, 2.45) is 11.7 Å². The number of hydrogen-bond donors (Lipinski definition) is 7. The number of rotatable bonds is 23. The van der Waals surface area contributed by atoms with E-state index in [9.17, 15) is 33.6 Å². The number of benzene rings is 3. The standard InChI is InChI=1S/C50H65ClN8O10/c1-8-26-67-48(65)57-41(20-13-14-24-54-47(64)69-50(4,5)6)44(61)58-42(31(2)3)45(62)56-40(21-15-25-53-46(52)63)43(60)55-34-23-22-32(28-51)33(27-34)29-59(7)49(66)68-30-39-37-18-11-9-16-35(37)36-17-10-12-19-38(36)39/h1,9-12,16-19,22-23,27,31,39-42H,13-15,20-21,24-26,28-30H2,2-7H3,(H,54,64)(H,55,60)(H,56,62)(H,57,65)(H,58,61)(H3,52,53,63)/t40-,41-,42-/m0/s1. The summed E-state index contributed by atoms with van der Waals surface area (Å²) in [5, 5.41) is 15.9. The first-order valence-electron chi connectivity index (χ1n) is 22.8. The predicted octanol–water partition coefficient (Wildman–Crippen LogP) is 6.24. The number of terminal acetylenes is 1. The summed E-state index contributed by atoms with van der Waals surface area (Å²) in [5.74, 6) is -0.340. The largest absolute Gasteiger partial charge is 0.448 e. The summed E-state index contributed by atoms with van der Waals surface area (Å²) in [6.07, 6.45) is 4.30. The molecule has 69 heavy (non-hydrogen) atoms. The third kappa shape index (κ3) is 17.2. The normalized spacial score (nSPS) is 13.0. The van der Waals surface area contributed by atoms with Crippen LogP contribution in [0.15, 0.2) is 66.7 Å². The molecular formula is C50H65ClN8O10. The van der Waals surface area contributed by atoms with Gasteiger partial charge in [0.15, 0.2) is 6.61 Å². The maximum atomic E-state index is 14.0. The number of carbonyl (C=O) groups is 7. The lowest BCUT2D eigenvalue weighted by molar-refractivity contribution is -0.132. The van der Waals surface area contributed by atoms with E-state index in [0.717, 1.165) is 22.3 Å². The summed E-state index contributed by atoms with van der Waals surface area (Å²) in [4.78, 5) is 92.7. The van der Waals surface area contributed by atoms with E-state index in [1.54, 1.807) is 59.9 Å². The van der Waals surface area contributed by atoms with Gasteiger partial charge in [-0.1, -0.05) is 74.4 Å². The fraction of sp³-hybridized carbons (Fsp3) is 0.460. The first kappa shape index (κ1) is 54.6. The van der Waals surface area contributed by atoms with Gasteiger partial charge in [0.1, 0.15) is 30.3 Å². The number of alkyl carbamates (subject to hydrolysis) is 2. The SMILES string of the molecule is C#CCOC(=O)N[C@@H](CCCCNC(=O)OC(C)(C)C)C(=O)N[C@H](C(=O)N[C@@H](CCCNC(N)=O)C(=O)Nc1ccc(CCl)c(CN(C)C(=O)OCC2c3ccccc3-c3ccccc32)c1)C(C)C. The Morgan fingerprint density at radius 3 is 2.00 bits per heavy atom. The molecule has 19 heteroatoms. The maximum Gasteiger partial charge on any atom is 0.409 e. The van der Waals surface area contributed by atoms with Crippen LogP contribution >= 0.6 is 11.6 Å². The zero-order chi connectivity index (χ0) is 50.7. The molecule has 3 atom stereocenters. The molecule has 3 aromatic carbocycles. The first-order chi connectivity index (χ1) is 32.8. The number of carbonyl (C=O) groups excluding carboxylic acids is 7. The number of amides is 8. The first-order valence-corrected chi connectivity index (χ1v) is 23.4. The zero-order valence-electron chi connectivity index (χ0n) is 40.1. The molecule has 0 saturated carbocycles. The van der Waals surface area contributed by atoms with E-state index in [-0.39, 0.29) is 63.9 Å². The topological polar surface area (TPSA) is 249 Å². The Labute approximate surface area is 408 Å². The van der Waals surface area contributed by atoms with Crippen LogP contribution in [-0.2, 0) is 41.0 Å². The van der Waals surface area contributed by atoms with Gasteiger partial charge in [0.25, 0.3) is 0 Å². The van der Waals surface area contributed by atoms with Crippen LogP contribution in [0.3, 0.4) is 0 Å². The molecule has 18 nitrogen and oxygen atoms in total. The minimum absolute atomic E-state index is 0.0519. The summed E-state index contributed by atoms with van der Waals surface area (Å²) in [5.41, 5.74) is 10.7. The lowest BCUT2D eigenvalue weighted by Gasteiger charge is -2.27. The van der Waals surface area contributed by atoms with Gasteiger partial charge in [0, 0.05) is 44.2 Å². The molecule has 4 rings (SSSR count). The van der Waals surface area contributed by atoms with Crippen LogP contribution in [0.5, 0.6) is 0 Å². The highest BCUT2D eigenvalue weighted by atomic mass is 35.5. The second kappa shape index (κ2) is 26.5. The van der Waals surface area contributed by atoms with Crippen molar-refractivity contribution in [3.63, 3.8) is 0 Å². The molecule has 0 unspecified atom stereocenters. The molecular weight excluding hydrogens is 908 g/mol. The quantitative estimate of drug-likeness (QED) is 0.0244. The number of urea groups is 1. The molecule has 0 radical (unpaired) electrons. The van der Waals surface area contributed by atoms with Crippen LogP contribution in [0.25, 0.3) is 11.1 Å². The maximum absolute atomic E-state index is 14.0. The molecule has 0 fully saturated rings. The third-order valence-corrected chi connectivity index (χ3v) is 11.3. The fourth-order valence-corrected chi connectivity index (χ4v) is 7.87. The summed E-state index contributed by atoms with van der Waals surface area (Å²) < 4.78 is 16.0. The van der Waals surface area contributed by atoms with E-state index in [1.165, 1.54) is 4.90 Å². The molecule has 8 N–H and O–H groups in total. The number of anilines is 1. The van der Waals surface area contributed by atoms with Gasteiger partial charge in [-0.2, -0.15) is 0 Å². The molecule has 0 aliphatic heterocycles. The number of unbranched alkanes of at least 4 members (excludes halogenated alkanes) is 1. The number of halogens is 1. The molecule has 0 saturated heterocycles. The summed E-state index contributed by atoms with van der Waals surface area (Å²) in [6.45, 7) is 8.83. The fourth-order valence-electron chi connectivity index (χ4n) is 7.61. The number of primary amides is 1. The van der Waals surface area contributed by atoms with Crippen molar-refractivity contribution in [2.45, 2.75) is 109 Å². The highest BCUT2D eigenvalue weighted by molar-refractivity contribution is 6.17. The van der Waals surface area contributed by atoms with Gasteiger partial charge in [-0.25, -0.2) is 19.2 Å². The van der Waals surface area contributed by atoms with E-state index in [2.05, 4.69) is 50.0 Å². The summed E-state index contributed by atoms with van der Waals surface area (Å²) >= 11 is 6.33. The van der Waals surface area contributed by atoms with Crippen LogP contribution in [-0.4, -0.2) is 104 Å². The highest BCUT2D eigenvalue weighted by Crippen LogP contribution is 2.44. The Kier molecular flexibility index (Phi) is 21.0. The van der Waals surface area contributed by atoms with Crippen molar-refractivity contribution in [3.8, 4) is 23.5 Å². The Balaban J connectivity index is 1.44. The van der Waals surface area contributed by atoms with Crippen molar-refractivity contribution < 1.29 is 47.8 Å². The Bertz CT molecular complexity index is 2280. The molecule has 8 amide bonds. The van der Waals surface area contributed by atoms with Crippen LogP contribution < -0.4 is 37.6 Å². The molecule has 0 spiro atoms. The van der Waals surface area contributed by atoms with E-state index in [1.807, 2.05) is 36.4 Å². The average Bonchev–Trinajstić information content (AvgIpc) is 3.62. The van der Waals surface area contributed by atoms with Crippen molar-refractivity contribution >= 4 is 59.3 Å². The Hall–Kier alpha value is -7.00. The number of hydrogen-bond acceptors (Lipinski definition) is 10. The highest BCUT2D eigenvalue weighted by Gasteiger charge is 2.33. The van der Waals surface area contributed by atoms with Crippen LogP contribution in [0.4, 0.5) is 24.9 Å². The minimum Gasteiger partial charge on any atom is -0.448 e. The van der Waals surface area contributed by atoms with E-state index >= 15 is 0 Å². The minimum atomic E-state index is -1.18. The van der Waals surface area contributed by atoms with Gasteiger partial charge in [0.05, 0.1) is 0 Å². The van der Waals surface area contributed by atoms with Crippen LogP contribution in [0.1, 0.15) is 94.9 Å². The molecule has 1 aliphatic rings. The van der Waals surface area contributed by atoms with Gasteiger partial charge >= 0.3 is 24.3 Å². The van der Waals surface area contributed by atoms with Gasteiger partial charge in [0.2, 0.25) is 17.7 Å². The van der Waals surface area contributed by atoms with Crippen LogP contribution in [0.2, 0.25) is 0 Å². The third-order valence-electron chi connectivity index (χ3n) is 11.0. The van der Waals surface area contributed by atoms with Gasteiger partial charge in [-0.05, 0) is 104 Å². The van der Waals surface area contributed by atoms with Gasteiger partial charge in [-0.3, -0.25) is 14.4 Å². The predicted molar refractivity (Wildman–Crippen MR) is 262 cm³/mol. The van der Waals surface area contributed by atoms with E-state index < -0.39 is 71.7 Å². The number of nitrogens with zero attached hydrogens (tertiary/aromatic N) is 1. The second-order valence-corrected chi connectivity index (χ2v) is 18.2. The molecule has 0 bridgehead atoms. The molecule has 3 aromatic rings. The Morgan fingerprint density at radius 1 is 0.768 bits per heavy atom. The summed E-state index contributed by atoms with van der Waals surface area (Å²) in [6, 6.07) is 16.9. The van der Waals surface area contributed by atoms with Crippen molar-refractivity contribution in [2.75, 3.05) is 38.7 Å². The van der Waals surface area contributed by atoms with E-state index in [4.69, 9.17) is 38.0 Å². The smallest absolute Gasteiger partial charge is 0.409 e. The second-order valence-electron chi connectivity index (χ2n) is 17.9. The van der Waals surface area contributed by atoms with Gasteiger partial charge in [-0.15, -0.1) is 18.0 Å². The number of fused-ring (bicyclic) bond motifs is 3. The van der Waals surface area contributed by atoms with Crippen molar-refractivity contribution in [3.05, 3.63) is 89.0 Å². The molecule has 372 valence electrons.